The van der Waals surface area contributed by atoms with Crippen molar-refractivity contribution in [2.45, 2.75) is 30.2 Å². The zero-order chi connectivity index (χ0) is 13.1. The quantitative estimate of drug-likeness (QED) is 0.766. The highest BCUT2D eigenvalue weighted by molar-refractivity contribution is 8.03. The number of thioether (sulfide) groups is 1. The number of nitrogens with zero attached hydrogens (tertiary/aromatic N) is 1. The van der Waals surface area contributed by atoms with E-state index in [-0.39, 0.29) is 11.9 Å². The molecule has 3 rings (SSSR count). The Hall–Kier alpha value is -1.48. The Bertz CT molecular complexity index is 521. The molecule has 0 aliphatic carbocycles. The van der Waals surface area contributed by atoms with Crippen molar-refractivity contribution in [3.63, 3.8) is 0 Å². The zero-order valence-corrected chi connectivity index (χ0v) is 11.6. The van der Waals surface area contributed by atoms with Gasteiger partial charge in [-0.1, -0.05) is 48.2 Å². The van der Waals surface area contributed by atoms with Crippen LogP contribution in [-0.2, 0) is 4.79 Å². The highest BCUT2D eigenvalue weighted by atomic mass is 32.2. The molecule has 19 heavy (non-hydrogen) atoms. The average Bonchev–Trinajstić information content (AvgIpc) is 2.70. The van der Waals surface area contributed by atoms with E-state index in [1.54, 1.807) is 11.8 Å². The zero-order valence-electron chi connectivity index (χ0n) is 10.8. The Morgan fingerprint density at radius 1 is 1.16 bits per heavy atom. The van der Waals surface area contributed by atoms with Crippen LogP contribution in [0.1, 0.15) is 19.3 Å². The third kappa shape index (κ3) is 2.76. The monoisotopic (exact) mass is 271 g/mol. The highest BCUT2D eigenvalue weighted by Gasteiger charge is 2.30. The third-order valence-electron chi connectivity index (χ3n) is 3.54. The Balaban J connectivity index is 1.83. The van der Waals surface area contributed by atoms with Gasteiger partial charge in [-0.15, -0.1) is 0 Å². The van der Waals surface area contributed by atoms with E-state index >= 15 is 0 Å². The maximum atomic E-state index is 12.0. The standard InChI is InChI=1S/C16H17NOS/c18-16-11-10-15(19-13-7-3-1-4-8-13)14-9-5-2-6-12-17(14)16/h1-5,7-8,10,14H,6,9,11-12H2/t14-/m0/s1. The molecule has 1 aromatic rings. The second kappa shape index (κ2) is 5.66. The van der Waals surface area contributed by atoms with Gasteiger partial charge in [-0.2, -0.15) is 0 Å². The van der Waals surface area contributed by atoms with Gasteiger partial charge >= 0.3 is 0 Å². The fourth-order valence-electron chi connectivity index (χ4n) is 2.58. The van der Waals surface area contributed by atoms with Gasteiger partial charge in [-0.05, 0) is 25.0 Å². The Morgan fingerprint density at radius 3 is 2.84 bits per heavy atom. The van der Waals surface area contributed by atoms with Crippen molar-refractivity contribution in [3.05, 3.63) is 53.5 Å². The maximum absolute atomic E-state index is 12.0. The summed E-state index contributed by atoms with van der Waals surface area (Å²) in [6.45, 7) is 0.854. The van der Waals surface area contributed by atoms with Crippen LogP contribution in [0.2, 0.25) is 0 Å². The molecule has 2 aliphatic rings. The molecular formula is C16H17NOS. The molecule has 1 aromatic carbocycles. The summed E-state index contributed by atoms with van der Waals surface area (Å²) < 4.78 is 0. The molecule has 2 nitrogen and oxygen atoms in total. The number of carbonyl (C=O) groups excluding carboxylic acids is 1. The lowest BCUT2D eigenvalue weighted by Gasteiger charge is -2.34. The van der Waals surface area contributed by atoms with Crippen LogP contribution in [0, 0.1) is 0 Å². The first-order valence-corrected chi connectivity index (χ1v) is 7.53. The number of benzene rings is 1. The molecule has 1 amide bonds. The van der Waals surface area contributed by atoms with Crippen molar-refractivity contribution in [1.82, 2.24) is 4.90 Å². The summed E-state index contributed by atoms with van der Waals surface area (Å²) in [4.78, 5) is 16.6. The van der Waals surface area contributed by atoms with E-state index in [4.69, 9.17) is 0 Å². The first-order chi connectivity index (χ1) is 9.34. The van der Waals surface area contributed by atoms with Gasteiger partial charge in [0.1, 0.15) is 0 Å². The minimum absolute atomic E-state index is 0.241. The Morgan fingerprint density at radius 2 is 2.00 bits per heavy atom. The normalized spacial score (nSPS) is 22.7. The van der Waals surface area contributed by atoms with Gasteiger partial charge in [0.05, 0.1) is 6.04 Å². The number of fused-ring (bicyclic) bond motifs is 1. The van der Waals surface area contributed by atoms with Crippen LogP contribution in [-0.4, -0.2) is 23.4 Å². The summed E-state index contributed by atoms with van der Waals surface area (Å²) in [5.41, 5.74) is 0. The molecule has 2 heterocycles. The molecule has 0 radical (unpaired) electrons. The average molecular weight is 271 g/mol. The number of hydrogen-bond donors (Lipinski definition) is 0. The van der Waals surface area contributed by atoms with Gasteiger partial charge in [0.25, 0.3) is 0 Å². The molecule has 3 heteroatoms. The predicted molar refractivity (Wildman–Crippen MR) is 78.9 cm³/mol. The summed E-state index contributed by atoms with van der Waals surface area (Å²) >= 11 is 1.79. The van der Waals surface area contributed by atoms with E-state index in [1.165, 1.54) is 9.80 Å². The topological polar surface area (TPSA) is 20.3 Å². The summed E-state index contributed by atoms with van der Waals surface area (Å²) in [7, 11) is 0. The van der Waals surface area contributed by atoms with E-state index < -0.39 is 0 Å². The van der Waals surface area contributed by atoms with Crippen LogP contribution >= 0.6 is 11.8 Å². The highest BCUT2D eigenvalue weighted by Crippen LogP contribution is 2.36. The second-order valence-corrected chi connectivity index (χ2v) is 5.97. The van der Waals surface area contributed by atoms with Crippen LogP contribution < -0.4 is 0 Å². The minimum atomic E-state index is 0.241. The van der Waals surface area contributed by atoms with Gasteiger partial charge in [0, 0.05) is 22.8 Å². The first-order valence-electron chi connectivity index (χ1n) is 6.72. The molecule has 0 N–H and O–H groups in total. The van der Waals surface area contributed by atoms with Crippen LogP contribution in [0.4, 0.5) is 0 Å². The van der Waals surface area contributed by atoms with E-state index in [9.17, 15) is 4.79 Å². The summed E-state index contributed by atoms with van der Waals surface area (Å²) in [5.74, 6) is 0.270. The lowest BCUT2D eigenvalue weighted by molar-refractivity contribution is -0.132. The smallest absolute Gasteiger partial charge is 0.226 e. The number of carbonyl (C=O) groups is 1. The molecule has 2 aliphatic heterocycles. The van der Waals surface area contributed by atoms with Gasteiger partial charge in [0.2, 0.25) is 5.91 Å². The summed E-state index contributed by atoms with van der Waals surface area (Å²) in [6.07, 6.45) is 8.98. The van der Waals surface area contributed by atoms with Gasteiger partial charge in [-0.3, -0.25) is 4.79 Å². The third-order valence-corrected chi connectivity index (χ3v) is 4.73. The van der Waals surface area contributed by atoms with Crippen molar-refractivity contribution in [2.75, 3.05) is 6.54 Å². The van der Waals surface area contributed by atoms with Crippen molar-refractivity contribution in [3.8, 4) is 0 Å². The molecule has 0 unspecified atom stereocenters. The van der Waals surface area contributed by atoms with Gasteiger partial charge < -0.3 is 4.90 Å². The fraction of sp³-hybridized carbons (Fsp3) is 0.312. The van der Waals surface area contributed by atoms with Crippen molar-refractivity contribution < 1.29 is 4.79 Å². The number of hydrogen-bond acceptors (Lipinski definition) is 2. The lowest BCUT2D eigenvalue weighted by atomic mass is 10.1. The van der Waals surface area contributed by atoms with Crippen LogP contribution in [0.5, 0.6) is 0 Å². The maximum Gasteiger partial charge on any atom is 0.226 e. The largest absolute Gasteiger partial charge is 0.334 e. The lowest BCUT2D eigenvalue weighted by Crippen LogP contribution is -2.42. The summed E-state index contributed by atoms with van der Waals surface area (Å²) in [6, 6.07) is 10.6. The first kappa shape index (κ1) is 12.5. The Labute approximate surface area is 118 Å². The van der Waals surface area contributed by atoms with Crippen molar-refractivity contribution in [1.29, 1.82) is 0 Å². The van der Waals surface area contributed by atoms with Gasteiger partial charge in [0.15, 0.2) is 0 Å². The van der Waals surface area contributed by atoms with E-state index in [2.05, 4.69) is 42.5 Å². The second-order valence-electron chi connectivity index (χ2n) is 4.82. The number of amides is 1. The van der Waals surface area contributed by atoms with Crippen LogP contribution in [0.15, 0.2) is 58.4 Å². The fourth-order valence-corrected chi connectivity index (χ4v) is 3.67. The predicted octanol–water partition coefficient (Wildman–Crippen LogP) is 3.61. The van der Waals surface area contributed by atoms with E-state index in [1.807, 2.05) is 11.0 Å². The van der Waals surface area contributed by atoms with E-state index in [0.29, 0.717) is 6.42 Å². The Kier molecular flexibility index (Phi) is 3.74. The summed E-state index contributed by atoms with van der Waals surface area (Å²) in [5, 5.41) is 0. The molecule has 0 fully saturated rings. The van der Waals surface area contributed by atoms with E-state index in [0.717, 1.165) is 19.4 Å². The van der Waals surface area contributed by atoms with Crippen LogP contribution in [0.3, 0.4) is 0 Å². The molecule has 0 aromatic heterocycles. The van der Waals surface area contributed by atoms with Crippen molar-refractivity contribution >= 4 is 17.7 Å². The molecule has 0 saturated heterocycles. The van der Waals surface area contributed by atoms with Crippen LogP contribution in [0.25, 0.3) is 0 Å². The number of rotatable bonds is 2. The molecule has 0 spiro atoms. The molecule has 0 saturated carbocycles. The molecule has 98 valence electrons. The molecule has 1 atom stereocenters. The van der Waals surface area contributed by atoms with Gasteiger partial charge in [-0.25, -0.2) is 0 Å². The molecule has 0 bridgehead atoms. The molecular weight excluding hydrogens is 254 g/mol. The minimum Gasteiger partial charge on any atom is -0.334 e. The van der Waals surface area contributed by atoms with Crippen molar-refractivity contribution in [2.24, 2.45) is 0 Å². The SMILES string of the molecule is O=C1CC=C(Sc2ccccc2)[C@@H]2CC=CCCN12.